The summed E-state index contributed by atoms with van der Waals surface area (Å²) in [5.74, 6) is -0.272. The van der Waals surface area contributed by atoms with Crippen molar-refractivity contribution in [2.45, 2.75) is 362 Å². The first kappa shape index (κ1) is 75.8. The van der Waals surface area contributed by atoms with Gasteiger partial charge in [0.25, 0.3) is 0 Å². The Balaban J connectivity index is 1.45. The third kappa shape index (κ3) is 30.5. The van der Waals surface area contributed by atoms with Crippen LogP contribution >= 0.6 is 0 Å². The molecule has 17 atom stereocenters. The second-order valence-corrected chi connectivity index (χ2v) is 24.3. The van der Waals surface area contributed by atoms with Gasteiger partial charge in [-0.05, 0) is 19.3 Å². The predicted molar refractivity (Wildman–Crippen MR) is 319 cm³/mol. The van der Waals surface area contributed by atoms with Crippen molar-refractivity contribution >= 4 is 5.91 Å². The molecular formula is C64H121NO18. The molecule has 0 aromatic heterocycles. The fraction of sp³-hybridized carbons (Fsp3) is 0.953. The van der Waals surface area contributed by atoms with E-state index in [-0.39, 0.29) is 18.9 Å². The second kappa shape index (κ2) is 47.5. The zero-order valence-electron chi connectivity index (χ0n) is 51.4. The number of unbranched alkanes of at least 4 members (excludes halogenated alkanes) is 35. The van der Waals surface area contributed by atoms with Crippen molar-refractivity contribution in [1.82, 2.24) is 5.32 Å². The molecule has 0 aliphatic carbocycles. The topological polar surface area (TPSA) is 307 Å². The fourth-order valence-corrected chi connectivity index (χ4v) is 11.6. The standard InChI is InChI=1S/C64H121NO18/c1-3-5-7-9-11-13-15-17-19-20-21-22-23-24-25-26-27-28-29-31-33-35-37-39-41-48(69)47(65-52(70)42-40-38-36-34-32-30-18-16-14-12-10-8-6-4-2)46-78-62-58(76)55(73)60(50(44-67)80-62)83-64-59(77)56(74)61(51(45-68)81-64)82-63-57(75)54(72)53(71)49(43-66)79-63/h39,41,47-51,53-64,66-69,71-77H,3-38,40,42-46H2,1-2H3,(H,65,70)/b41-39+. The van der Waals surface area contributed by atoms with Crippen LogP contribution in [-0.2, 0) is 33.2 Å². The third-order valence-corrected chi connectivity index (χ3v) is 17.1. The average molecular weight is 1190 g/mol. The van der Waals surface area contributed by atoms with Gasteiger partial charge in [-0.25, -0.2) is 0 Å². The summed E-state index contributed by atoms with van der Waals surface area (Å²) in [6.07, 6.45) is 23.3. The van der Waals surface area contributed by atoms with Gasteiger partial charge in [0.1, 0.15) is 73.2 Å². The van der Waals surface area contributed by atoms with Crippen molar-refractivity contribution in [2.24, 2.45) is 0 Å². The van der Waals surface area contributed by atoms with Crippen molar-refractivity contribution in [3.63, 3.8) is 0 Å². The average Bonchev–Trinajstić information content (AvgIpc) is 3.35. The van der Waals surface area contributed by atoms with Crippen molar-refractivity contribution in [3.05, 3.63) is 12.2 Å². The number of aliphatic hydroxyl groups excluding tert-OH is 11. The van der Waals surface area contributed by atoms with Crippen LogP contribution in [0.4, 0.5) is 0 Å². The highest BCUT2D eigenvalue weighted by molar-refractivity contribution is 5.76. The largest absolute Gasteiger partial charge is 0.394 e. The summed E-state index contributed by atoms with van der Waals surface area (Å²) in [7, 11) is 0. The number of carbonyl (C=O) groups is 1. The van der Waals surface area contributed by atoms with Crippen LogP contribution in [0.25, 0.3) is 0 Å². The molecule has 17 unspecified atom stereocenters. The van der Waals surface area contributed by atoms with Crippen molar-refractivity contribution in [1.29, 1.82) is 0 Å². The van der Waals surface area contributed by atoms with Crippen LogP contribution in [0.2, 0.25) is 0 Å². The molecule has 3 aliphatic rings. The summed E-state index contributed by atoms with van der Waals surface area (Å²) in [6, 6.07) is -0.967. The molecule has 0 radical (unpaired) electrons. The number of hydrogen-bond donors (Lipinski definition) is 12. The maximum atomic E-state index is 13.3. The number of rotatable bonds is 51. The first-order valence-electron chi connectivity index (χ1n) is 33.4. The van der Waals surface area contributed by atoms with E-state index in [4.69, 9.17) is 28.4 Å². The van der Waals surface area contributed by atoms with E-state index in [9.17, 15) is 61.0 Å². The molecule has 83 heavy (non-hydrogen) atoms. The number of carbonyl (C=O) groups excluding carboxylic acids is 1. The Morgan fingerprint density at radius 1 is 0.422 bits per heavy atom. The van der Waals surface area contributed by atoms with Crippen LogP contribution in [0.3, 0.4) is 0 Å². The molecule has 3 fully saturated rings. The lowest BCUT2D eigenvalue weighted by atomic mass is 9.96. The fourth-order valence-electron chi connectivity index (χ4n) is 11.6. The van der Waals surface area contributed by atoms with Crippen LogP contribution in [0.1, 0.15) is 258 Å². The van der Waals surface area contributed by atoms with Crippen LogP contribution in [0.15, 0.2) is 12.2 Å². The van der Waals surface area contributed by atoms with Crippen LogP contribution < -0.4 is 5.32 Å². The maximum Gasteiger partial charge on any atom is 0.220 e. The Morgan fingerprint density at radius 3 is 1.13 bits per heavy atom. The van der Waals surface area contributed by atoms with E-state index in [1.54, 1.807) is 6.08 Å². The highest BCUT2D eigenvalue weighted by Gasteiger charge is 2.53. The molecule has 3 saturated heterocycles. The van der Waals surface area contributed by atoms with Crippen LogP contribution in [0, 0.1) is 0 Å². The minimum Gasteiger partial charge on any atom is -0.394 e. The minimum atomic E-state index is -1.97. The lowest BCUT2D eigenvalue weighted by Crippen LogP contribution is -2.66. The van der Waals surface area contributed by atoms with Crippen molar-refractivity contribution < 1.29 is 89.4 Å². The maximum absolute atomic E-state index is 13.3. The molecule has 3 aliphatic heterocycles. The van der Waals surface area contributed by atoms with Gasteiger partial charge in [0.05, 0.1) is 38.6 Å². The molecule has 490 valence electrons. The lowest BCUT2D eigenvalue weighted by Gasteiger charge is -2.48. The van der Waals surface area contributed by atoms with Crippen molar-refractivity contribution in [3.8, 4) is 0 Å². The first-order valence-corrected chi connectivity index (χ1v) is 33.4. The Hall–Kier alpha value is -1.47. The molecule has 0 saturated carbocycles. The zero-order valence-corrected chi connectivity index (χ0v) is 51.4. The molecular weight excluding hydrogens is 1070 g/mol. The first-order chi connectivity index (χ1) is 40.3. The Bertz CT molecular complexity index is 1560. The van der Waals surface area contributed by atoms with E-state index in [0.29, 0.717) is 6.42 Å². The molecule has 0 aromatic carbocycles. The molecule has 0 aromatic rings. The quantitative estimate of drug-likeness (QED) is 0.0205. The van der Waals surface area contributed by atoms with Gasteiger partial charge in [0.15, 0.2) is 18.9 Å². The van der Waals surface area contributed by atoms with E-state index in [1.165, 1.54) is 186 Å². The van der Waals surface area contributed by atoms with Gasteiger partial charge in [0.2, 0.25) is 5.91 Å². The van der Waals surface area contributed by atoms with Crippen molar-refractivity contribution in [2.75, 3.05) is 26.4 Å². The number of hydrogen-bond acceptors (Lipinski definition) is 18. The molecule has 0 spiro atoms. The van der Waals surface area contributed by atoms with Gasteiger partial charge in [0, 0.05) is 6.42 Å². The SMILES string of the molecule is CCCCCCCCCCCCCCCCCCCCCCCC/C=C/C(O)C(COC1OC(CO)C(OC2OC(CO)C(OC3OC(CO)C(O)C(O)C3O)C(O)C2O)C(O)C1O)NC(=O)CCCCCCCCCCCCCCCC. The number of nitrogens with one attached hydrogen (secondary N) is 1. The van der Waals surface area contributed by atoms with Gasteiger partial charge in [-0.15, -0.1) is 0 Å². The number of allylic oxidation sites excluding steroid dienone is 1. The normalized spacial score (nSPS) is 29.4. The highest BCUT2D eigenvalue weighted by Crippen LogP contribution is 2.33. The zero-order chi connectivity index (χ0) is 60.5. The van der Waals surface area contributed by atoms with Gasteiger partial charge in [-0.1, -0.05) is 244 Å². The Kier molecular flexibility index (Phi) is 43.4. The Labute approximate surface area is 499 Å². The van der Waals surface area contributed by atoms with E-state index in [2.05, 4.69) is 19.2 Å². The summed E-state index contributed by atoms with van der Waals surface area (Å²) in [5.41, 5.74) is 0. The van der Waals surface area contributed by atoms with Crippen LogP contribution in [0.5, 0.6) is 0 Å². The number of ether oxygens (including phenoxy) is 6. The van der Waals surface area contributed by atoms with Gasteiger partial charge in [-0.2, -0.15) is 0 Å². The molecule has 3 rings (SSSR count). The van der Waals surface area contributed by atoms with E-state index in [0.717, 1.165) is 44.9 Å². The van der Waals surface area contributed by atoms with E-state index < -0.39 is 124 Å². The molecule has 12 N–H and O–H groups in total. The van der Waals surface area contributed by atoms with Crippen LogP contribution in [-0.4, -0.2) is 193 Å². The van der Waals surface area contributed by atoms with E-state index in [1.807, 2.05) is 6.08 Å². The lowest BCUT2D eigenvalue weighted by molar-refractivity contribution is -0.379. The molecule has 19 nitrogen and oxygen atoms in total. The third-order valence-electron chi connectivity index (χ3n) is 17.1. The molecule has 0 bridgehead atoms. The Morgan fingerprint density at radius 2 is 0.747 bits per heavy atom. The minimum absolute atomic E-state index is 0.249. The summed E-state index contributed by atoms with van der Waals surface area (Å²) in [6.45, 7) is 1.75. The van der Waals surface area contributed by atoms with Gasteiger partial charge < -0.3 is 89.9 Å². The van der Waals surface area contributed by atoms with Gasteiger partial charge >= 0.3 is 0 Å². The molecule has 3 heterocycles. The smallest absolute Gasteiger partial charge is 0.220 e. The van der Waals surface area contributed by atoms with Gasteiger partial charge in [-0.3, -0.25) is 4.79 Å². The summed E-state index contributed by atoms with van der Waals surface area (Å²) in [5, 5.41) is 120. The summed E-state index contributed by atoms with van der Waals surface area (Å²) in [4.78, 5) is 13.3. The monoisotopic (exact) mass is 1190 g/mol. The molecule has 19 heteroatoms. The molecule has 1 amide bonds. The number of aliphatic hydroxyl groups is 11. The van der Waals surface area contributed by atoms with E-state index >= 15 is 0 Å². The highest BCUT2D eigenvalue weighted by atomic mass is 16.8. The second-order valence-electron chi connectivity index (χ2n) is 24.3. The number of amides is 1. The predicted octanol–water partition coefficient (Wildman–Crippen LogP) is 7.72. The summed E-state index contributed by atoms with van der Waals surface area (Å²) < 4.78 is 34.3. The summed E-state index contributed by atoms with van der Waals surface area (Å²) >= 11 is 0.